The van der Waals surface area contributed by atoms with E-state index in [-0.39, 0.29) is 52.7 Å². The number of nitrogens with zero attached hydrogens (tertiary/aromatic N) is 6. The Balaban J connectivity index is 1.51. The number of likely N-dealkylation sites (N-methyl/N-ethyl adjacent to an activating group) is 1. The number of hydroxylamine groups is 2. The van der Waals surface area contributed by atoms with Gasteiger partial charge < -0.3 is 14.3 Å². The van der Waals surface area contributed by atoms with E-state index >= 15 is 0 Å². The van der Waals surface area contributed by atoms with E-state index in [1.165, 1.54) is 23.7 Å². The van der Waals surface area contributed by atoms with Crippen molar-refractivity contribution in [3.05, 3.63) is 99.6 Å². The van der Waals surface area contributed by atoms with Gasteiger partial charge in [-0.15, -0.1) is 10.2 Å². The standard InChI is InChI=1S/C29H21ClF6N6O4/c1-41-24(27-44-8-9-45-27)21(26(46-41)18-4-2-3-5-19(18)30)25(43)22-23(20-13-37-6-7-38-20)42(40-39-22)14-15-10-16(28(31,32)33)12-17(11-15)29(34,35)36/h2-7,10-13,24,27H,8-9,14H2,1H3. The van der Waals surface area contributed by atoms with Crippen molar-refractivity contribution in [2.24, 2.45) is 0 Å². The maximum absolute atomic E-state index is 14.5. The van der Waals surface area contributed by atoms with Crippen LogP contribution in [0.2, 0.25) is 5.02 Å². The van der Waals surface area contributed by atoms with E-state index in [1.54, 1.807) is 31.3 Å². The predicted octanol–water partition coefficient (Wildman–Crippen LogP) is 5.69. The number of halogens is 7. The normalized spacial score (nSPS) is 18.0. The molecule has 6 rings (SSSR count). The summed E-state index contributed by atoms with van der Waals surface area (Å²) in [6.07, 6.45) is -7.20. The van der Waals surface area contributed by atoms with Gasteiger partial charge in [0.15, 0.2) is 17.7 Å². The Morgan fingerprint density at radius 3 is 2.28 bits per heavy atom. The molecule has 4 aromatic rings. The summed E-state index contributed by atoms with van der Waals surface area (Å²) in [5, 5.41) is 9.63. The second kappa shape index (κ2) is 12.1. The van der Waals surface area contributed by atoms with E-state index in [1.807, 2.05) is 0 Å². The third-order valence-corrected chi connectivity index (χ3v) is 7.50. The van der Waals surface area contributed by atoms with Crippen LogP contribution in [0.1, 0.15) is 32.7 Å². The Morgan fingerprint density at radius 2 is 1.67 bits per heavy atom. The van der Waals surface area contributed by atoms with E-state index in [0.717, 1.165) is 4.68 Å². The van der Waals surface area contributed by atoms with E-state index < -0.39 is 53.7 Å². The first kappa shape index (κ1) is 31.6. The second-order valence-corrected chi connectivity index (χ2v) is 10.6. The van der Waals surface area contributed by atoms with E-state index in [2.05, 4.69) is 20.3 Å². The molecule has 0 aliphatic carbocycles. The summed E-state index contributed by atoms with van der Waals surface area (Å²) in [5.74, 6) is -0.690. The zero-order chi connectivity index (χ0) is 32.8. The highest BCUT2D eigenvalue weighted by Gasteiger charge is 2.47. The van der Waals surface area contributed by atoms with Crippen molar-refractivity contribution < 1.29 is 45.4 Å². The number of hydrogen-bond donors (Lipinski definition) is 0. The lowest BCUT2D eigenvalue weighted by molar-refractivity contribution is -0.153. The molecule has 240 valence electrons. The fourth-order valence-corrected chi connectivity index (χ4v) is 5.39. The monoisotopic (exact) mass is 666 g/mol. The first-order chi connectivity index (χ1) is 21.8. The molecule has 1 atom stereocenters. The second-order valence-electron chi connectivity index (χ2n) is 10.2. The summed E-state index contributed by atoms with van der Waals surface area (Å²) in [6.45, 7) is -0.143. The largest absolute Gasteiger partial charge is 0.416 e. The van der Waals surface area contributed by atoms with Crippen LogP contribution in [0.3, 0.4) is 0 Å². The maximum atomic E-state index is 14.5. The Kier molecular flexibility index (Phi) is 8.30. The maximum Gasteiger partial charge on any atom is 0.416 e. The molecule has 1 unspecified atom stereocenters. The number of carbonyl (C=O) groups excluding carboxylic acids is 1. The number of rotatable bonds is 7. The van der Waals surface area contributed by atoms with Crippen LogP contribution >= 0.6 is 11.6 Å². The first-order valence-corrected chi connectivity index (χ1v) is 13.9. The minimum atomic E-state index is -5.07. The Morgan fingerprint density at radius 1 is 1.00 bits per heavy atom. The quantitative estimate of drug-likeness (QED) is 0.182. The Labute approximate surface area is 261 Å². The summed E-state index contributed by atoms with van der Waals surface area (Å²) in [4.78, 5) is 28.7. The van der Waals surface area contributed by atoms with Crippen molar-refractivity contribution in [1.29, 1.82) is 0 Å². The molecule has 2 aromatic carbocycles. The minimum absolute atomic E-state index is 0.0121. The minimum Gasteiger partial charge on any atom is -0.404 e. The highest BCUT2D eigenvalue weighted by molar-refractivity contribution is 6.32. The lowest BCUT2D eigenvalue weighted by atomic mass is 9.95. The summed E-state index contributed by atoms with van der Waals surface area (Å²) >= 11 is 6.47. The fourth-order valence-electron chi connectivity index (χ4n) is 5.17. The van der Waals surface area contributed by atoms with Gasteiger partial charge >= 0.3 is 12.4 Å². The van der Waals surface area contributed by atoms with Gasteiger partial charge in [0.2, 0.25) is 5.78 Å². The van der Waals surface area contributed by atoms with E-state index in [4.69, 9.17) is 25.9 Å². The van der Waals surface area contributed by atoms with Crippen molar-refractivity contribution in [3.8, 4) is 11.4 Å². The first-order valence-electron chi connectivity index (χ1n) is 13.5. The number of Topliss-reactive ketones (excluding diaryl/α,β-unsaturated/α-hetero) is 1. The van der Waals surface area contributed by atoms with E-state index in [9.17, 15) is 31.1 Å². The summed E-state index contributed by atoms with van der Waals surface area (Å²) in [6, 6.07) is 6.82. The molecular weight excluding hydrogens is 646 g/mol. The number of alkyl halides is 6. The molecule has 17 heteroatoms. The van der Waals surface area contributed by atoms with Crippen LogP contribution in [0.4, 0.5) is 26.3 Å². The van der Waals surface area contributed by atoms with Gasteiger partial charge in [-0.1, -0.05) is 28.9 Å². The average molecular weight is 667 g/mol. The zero-order valence-electron chi connectivity index (χ0n) is 23.5. The SMILES string of the molecule is CN1OC(c2ccccc2Cl)=C(C(=O)c2nnn(Cc3cc(C(F)(F)F)cc(C(F)(F)F)c3)c2-c2cnccn2)C1C1OCCO1. The molecular formula is C29H21ClF6N6O4. The highest BCUT2D eigenvalue weighted by atomic mass is 35.5. The summed E-state index contributed by atoms with van der Waals surface area (Å²) in [7, 11) is 1.55. The van der Waals surface area contributed by atoms with Gasteiger partial charge in [0.25, 0.3) is 0 Å². The molecule has 2 aromatic heterocycles. The highest BCUT2D eigenvalue weighted by Crippen LogP contribution is 2.41. The average Bonchev–Trinajstić information content (AvgIpc) is 3.75. The van der Waals surface area contributed by atoms with Crippen LogP contribution in [-0.4, -0.2) is 68.4 Å². The van der Waals surface area contributed by atoms with Crippen LogP contribution < -0.4 is 0 Å². The molecule has 0 N–H and O–H groups in total. The lowest BCUT2D eigenvalue weighted by Gasteiger charge is -2.24. The van der Waals surface area contributed by atoms with Crippen LogP contribution in [0.15, 0.2) is 66.6 Å². The van der Waals surface area contributed by atoms with Gasteiger partial charge in [0.05, 0.1) is 47.7 Å². The molecule has 0 spiro atoms. The van der Waals surface area contributed by atoms with Crippen molar-refractivity contribution in [2.45, 2.75) is 31.2 Å². The van der Waals surface area contributed by atoms with Crippen LogP contribution in [0.5, 0.6) is 0 Å². The number of aromatic nitrogens is 5. The van der Waals surface area contributed by atoms with Gasteiger partial charge in [0.1, 0.15) is 17.4 Å². The number of ketones is 1. The molecule has 4 heterocycles. The van der Waals surface area contributed by atoms with Crippen LogP contribution in [0.25, 0.3) is 17.1 Å². The van der Waals surface area contributed by atoms with Crippen molar-refractivity contribution in [3.63, 3.8) is 0 Å². The lowest BCUT2D eigenvalue weighted by Crippen LogP contribution is -2.40. The van der Waals surface area contributed by atoms with Gasteiger partial charge in [-0.2, -0.15) is 26.3 Å². The molecule has 2 aliphatic rings. The number of carbonyl (C=O) groups is 1. The van der Waals surface area contributed by atoms with Gasteiger partial charge in [-0.05, 0) is 35.9 Å². The number of benzene rings is 2. The van der Waals surface area contributed by atoms with Crippen LogP contribution in [0, 0.1) is 0 Å². The summed E-state index contributed by atoms with van der Waals surface area (Å²) in [5.41, 5.74) is -3.46. The molecule has 1 fully saturated rings. The van der Waals surface area contributed by atoms with Crippen molar-refractivity contribution in [1.82, 2.24) is 30.0 Å². The number of hydrogen-bond acceptors (Lipinski definition) is 9. The topological polar surface area (TPSA) is 104 Å². The third-order valence-electron chi connectivity index (χ3n) is 7.17. The molecule has 0 saturated carbocycles. The van der Waals surface area contributed by atoms with Gasteiger partial charge in [0, 0.05) is 25.0 Å². The molecule has 46 heavy (non-hydrogen) atoms. The molecule has 0 amide bonds. The van der Waals surface area contributed by atoms with Crippen LogP contribution in [-0.2, 0) is 33.2 Å². The smallest absolute Gasteiger partial charge is 0.404 e. The zero-order valence-corrected chi connectivity index (χ0v) is 24.3. The predicted molar refractivity (Wildman–Crippen MR) is 148 cm³/mol. The Hall–Kier alpha value is -4.38. The third kappa shape index (κ3) is 6.08. The van der Waals surface area contributed by atoms with E-state index in [0.29, 0.717) is 17.7 Å². The van der Waals surface area contributed by atoms with Gasteiger partial charge in [-0.3, -0.25) is 14.8 Å². The Bertz CT molecular complexity index is 1780. The molecule has 0 radical (unpaired) electrons. The molecule has 1 saturated heterocycles. The van der Waals surface area contributed by atoms with Gasteiger partial charge in [-0.25, -0.2) is 4.68 Å². The van der Waals surface area contributed by atoms with Crippen molar-refractivity contribution >= 4 is 23.1 Å². The molecule has 10 nitrogen and oxygen atoms in total. The molecule has 0 bridgehead atoms. The van der Waals surface area contributed by atoms with Crippen molar-refractivity contribution in [2.75, 3.05) is 20.3 Å². The fraction of sp³-hybridized carbons (Fsp3) is 0.276. The summed E-state index contributed by atoms with van der Waals surface area (Å²) < 4.78 is 93.9. The molecule has 2 aliphatic heterocycles. The number of ether oxygens (including phenoxy) is 2.